The summed E-state index contributed by atoms with van der Waals surface area (Å²) < 4.78 is 16.7. The number of unbranched alkanes of at least 4 members (excludes halogenated alkanes) is 2. The van der Waals surface area contributed by atoms with Gasteiger partial charge in [0.2, 0.25) is 0 Å². The summed E-state index contributed by atoms with van der Waals surface area (Å²) in [6.45, 7) is 5.94. The topological polar surface area (TPSA) is 94.1 Å². The zero-order valence-corrected chi connectivity index (χ0v) is 21.7. The van der Waals surface area contributed by atoms with Crippen LogP contribution in [0.25, 0.3) is 0 Å². The first-order chi connectivity index (χ1) is 16.3. The molecule has 0 saturated carbocycles. The van der Waals surface area contributed by atoms with Gasteiger partial charge >= 0.3 is 11.9 Å². The smallest absolute Gasteiger partial charge is 0.320 e. The zero-order chi connectivity index (χ0) is 25.3. The molecule has 0 aliphatic rings. The second-order valence-electron chi connectivity index (χ2n) is 9.04. The number of esters is 2. The van der Waals surface area contributed by atoms with E-state index in [9.17, 15) is 14.7 Å². The van der Waals surface area contributed by atoms with Crippen LogP contribution in [0.2, 0.25) is 0 Å². The number of carbonyl (C=O) groups is 2. The average Bonchev–Trinajstić information content (AvgIpc) is 2.78. The Labute approximate surface area is 205 Å². The second kappa shape index (κ2) is 17.2. The minimum Gasteiger partial charge on any atom is -0.504 e. The van der Waals surface area contributed by atoms with Crippen molar-refractivity contribution in [2.24, 2.45) is 5.92 Å². The number of ether oxygens (including phenoxy) is 3. The Hall–Kier alpha value is -2.28. The Balaban J connectivity index is 2.94. The summed E-state index contributed by atoms with van der Waals surface area (Å²) in [5, 5.41) is 12.7. The molecule has 0 amide bonds. The number of aromatic hydroxyl groups is 1. The minimum atomic E-state index is -0.386. The third-order valence-corrected chi connectivity index (χ3v) is 5.99. The first kappa shape index (κ1) is 29.8. The van der Waals surface area contributed by atoms with Crippen molar-refractivity contribution in [3.8, 4) is 11.5 Å². The van der Waals surface area contributed by atoms with Crippen molar-refractivity contribution in [2.45, 2.75) is 97.2 Å². The third-order valence-electron chi connectivity index (χ3n) is 5.99. The molecule has 1 aromatic rings. The Morgan fingerprint density at radius 3 is 2.38 bits per heavy atom. The van der Waals surface area contributed by atoms with Crippen molar-refractivity contribution < 1.29 is 28.9 Å². The van der Waals surface area contributed by atoms with Gasteiger partial charge in [-0.2, -0.15) is 0 Å². The van der Waals surface area contributed by atoms with Gasteiger partial charge in [0, 0.05) is 13.3 Å². The highest BCUT2D eigenvalue weighted by Gasteiger charge is 2.25. The summed E-state index contributed by atoms with van der Waals surface area (Å²) in [5.74, 6) is 0.343. The minimum absolute atomic E-state index is 0.0863. The lowest BCUT2D eigenvalue weighted by molar-refractivity contribution is -0.154. The van der Waals surface area contributed by atoms with Crippen LogP contribution in [0.5, 0.6) is 11.5 Å². The first-order valence-corrected chi connectivity index (χ1v) is 12.7. The summed E-state index contributed by atoms with van der Waals surface area (Å²) in [6.07, 6.45) is 8.66. The van der Waals surface area contributed by atoms with Gasteiger partial charge in [0.1, 0.15) is 12.2 Å². The van der Waals surface area contributed by atoms with Gasteiger partial charge in [0.15, 0.2) is 11.5 Å². The lowest BCUT2D eigenvalue weighted by Crippen LogP contribution is -2.31. The van der Waals surface area contributed by atoms with E-state index in [1.165, 1.54) is 33.3 Å². The molecule has 0 bridgehead atoms. The van der Waals surface area contributed by atoms with Crippen LogP contribution in [0, 0.1) is 5.92 Å². The highest BCUT2D eigenvalue weighted by Crippen LogP contribution is 2.29. The van der Waals surface area contributed by atoms with E-state index >= 15 is 0 Å². The van der Waals surface area contributed by atoms with Gasteiger partial charge in [0.05, 0.1) is 13.7 Å². The van der Waals surface area contributed by atoms with Gasteiger partial charge in [-0.1, -0.05) is 58.4 Å². The van der Waals surface area contributed by atoms with Crippen molar-refractivity contribution in [2.75, 3.05) is 20.7 Å². The average molecular weight is 480 g/mol. The Morgan fingerprint density at radius 2 is 1.76 bits per heavy atom. The highest BCUT2D eigenvalue weighted by atomic mass is 16.6. The maximum atomic E-state index is 12.3. The van der Waals surface area contributed by atoms with Crippen LogP contribution in [-0.2, 0) is 25.5 Å². The number of hydrogen-bond donors (Lipinski definition) is 2. The van der Waals surface area contributed by atoms with Crippen LogP contribution < -0.4 is 10.1 Å². The molecule has 2 N–H and O–H groups in total. The zero-order valence-electron chi connectivity index (χ0n) is 21.7. The quantitative estimate of drug-likeness (QED) is 0.221. The van der Waals surface area contributed by atoms with Crippen LogP contribution in [0.1, 0.15) is 84.1 Å². The summed E-state index contributed by atoms with van der Waals surface area (Å²) in [6, 6.07) is 5.22. The Bertz CT molecular complexity index is 723. The van der Waals surface area contributed by atoms with Gasteiger partial charge in [0.25, 0.3) is 0 Å². The van der Waals surface area contributed by atoms with Gasteiger partial charge in [-0.25, -0.2) is 0 Å². The van der Waals surface area contributed by atoms with E-state index in [0.717, 1.165) is 31.2 Å². The van der Waals surface area contributed by atoms with Crippen molar-refractivity contribution in [3.63, 3.8) is 0 Å². The first-order valence-electron chi connectivity index (χ1n) is 12.7. The molecule has 0 aliphatic heterocycles. The van der Waals surface area contributed by atoms with Crippen LogP contribution >= 0.6 is 0 Å². The summed E-state index contributed by atoms with van der Waals surface area (Å²) >= 11 is 0. The van der Waals surface area contributed by atoms with Gasteiger partial charge in [-0.15, -0.1) is 0 Å². The highest BCUT2D eigenvalue weighted by molar-refractivity contribution is 5.71. The fourth-order valence-corrected chi connectivity index (χ4v) is 4.37. The predicted molar refractivity (Wildman–Crippen MR) is 134 cm³/mol. The number of benzene rings is 1. The largest absolute Gasteiger partial charge is 0.504 e. The number of methoxy groups -OCH3 is 1. The van der Waals surface area contributed by atoms with E-state index in [-0.39, 0.29) is 36.4 Å². The number of carbonyl (C=O) groups excluding carboxylic acids is 2. The maximum Gasteiger partial charge on any atom is 0.320 e. The molecule has 0 heterocycles. The molecule has 1 rings (SSSR count). The number of phenolic OH excluding ortho intramolecular Hbond substituents is 1. The second-order valence-corrected chi connectivity index (χ2v) is 9.04. The molecule has 0 aromatic heterocycles. The molecule has 1 aromatic carbocycles. The molecule has 0 fully saturated rings. The van der Waals surface area contributed by atoms with Crippen molar-refractivity contribution >= 4 is 11.9 Å². The molecule has 34 heavy (non-hydrogen) atoms. The Morgan fingerprint density at radius 1 is 1.00 bits per heavy atom. The SMILES string of the molecule is CCCCCC(CCC)CC(CC(CCc1ccc(O)c(OC)c1)OC(=O)CNC)OC(C)=O. The van der Waals surface area contributed by atoms with Crippen molar-refractivity contribution in [1.29, 1.82) is 0 Å². The molecule has 0 saturated heterocycles. The summed E-state index contributed by atoms with van der Waals surface area (Å²) in [5.41, 5.74) is 0.969. The van der Waals surface area contributed by atoms with E-state index in [1.807, 2.05) is 6.07 Å². The monoisotopic (exact) mass is 479 g/mol. The predicted octanol–water partition coefficient (Wildman–Crippen LogP) is 5.17. The number of aryl methyl sites for hydroxylation is 1. The van der Waals surface area contributed by atoms with Crippen molar-refractivity contribution in [3.05, 3.63) is 23.8 Å². The van der Waals surface area contributed by atoms with Gasteiger partial charge in [-0.05, 0) is 49.9 Å². The Kier molecular flexibility index (Phi) is 15.0. The van der Waals surface area contributed by atoms with E-state index in [2.05, 4.69) is 19.2 Å². The molecule has 0 radical (unpaired) electrons. The van der Waals surface area contributed by atoms with Gasteiger partial charge in [-0.3, -0.25) is 9.59 Å². The molecular weight excluding hydrogens is 434 g/mol. The van der Waals surface area contributed by atoms with Crippen LogP contribution in [0.3, 0.4) is 0 Å². The van der Waals surface area contributed by atoms with Crippen LogP contribution in [0.15, 0.2) is 18.2 Å². The molecule has 0 aliphatic carbocycles. The van der Waals surface area contributed by atoms with E-state index in [4.69, 9.17) is 14.2 Å². The number of nitrogens with one attached hydrogen (secondary N) is 1. The lowest BCUT2D eigenvalue weighted by Gasteiger charge is -2.27. The number of phenols is 1. The third kappa shape index (κ3) is 12.3. The maximum absolute atomic E-state index is 12.3. The summed E-state index contributed by atoms with van der Waals surface area (Å²) in [4.78, 5) is 24.1. The molecule has 7 heteroatoms. The number of likely N-dealkylation sites (N-methyl/N-ethyl adjacent to an activating group) is 1. The number of hydrogen-bond acceptors (Lipinski definition) is 7. The normalized spacial score (nSPS) is 13.7. The van der Waals surface area contributed by atoms with Crippen molar-refractivity contribution in [1.82, 2.24) is 5.32 Å². The molecule has 0 spiro atoms. The molecule has 194 valence electrons. The van der Waals surface area contributed by atoms with E-state index in [1.54, 1.807) is 19.2 Å². The van der Waals surface area contributed by atoms with Gasteiger partial charge < -0.3 is 24.6 Å². The summed E-state index contributed by atoms with van der Waals surface area (Å²) in [7, 11) is 3.21. The fraction of sp³-hybridized carbons (Fsp3) is 0.704. The molecular formula is C27H45NO6. The molecule has 3 atom stereocenters. The molecule has 3 unspecified atom stereocenters. The lowest BCUT2D eigenvalue weighted by atomic mass is 9.88. The number of rotatable bonds is 18. The van der Waals surface area contributed by atoms with Crippen LogP contribution in [-0.4, -0.2) is 50.0 Å². The molecule has 7 nitrogen and oxygen atoms in total. The van der Waals surface area contributed by atoms with E-state index in [0.29, 0.717) is 30.9 Å². The fourth-order valence-electron chi connectivity index (χ4n) is 4.37. The van der Waals surface area contributed by atoms with E-state index < -0.39 is 0 Å². The standard InChI is InChI=1S/C27H45NO6/c1-6-8-9-11-21(10-7-2)16-24(33-20(3)29)18-23(34-27(31)19-28-4)14-12-22-13-15-25(30)26(17-22)32-5/h13,15,17,21,23-24,28,30H,6-12,14,16,18-19H2,1-5H3. The van der Waals surface area contributed by atoms with Crippen LogP contribution in [0.4, 0.5) is 0 Å².